The number of carbonyl (C=O) groups is 2. The number of aryl methyl sites for hydroxylation is 2. The van der Waals surface area contributed by atoms with Crippen LogP contribution in [0.1, 0.15) is 43.3 Å². The Balaban J connectivity index is 1.64. The van der Waals surface area contributed by atoms with Crippen LogP contribution in [0, 0.1) is 13.8 Å². The van der Waals surface area contributed by atoms with Gasteiger partial charge in [0.2, 0.25) is 0 Å². The molecule has 29 heavy (non-hydrogen) atoms. The van der Waals surface area contributed by atoms with E-state index in [0.29, 0.717) is 29.2 Å². The molecule has 2 N–H and O–H groups in total. The van der Waals surface area contributed by atoms with Crippen LogP contribution in [-0.4, -0.2) is 24.0 Å². The second-order valence-electron chi connectivity index (χ2n) is 6.55. The Bertz CT molecular complexity index is 990. The van der Waals surface area contributed by atoms with Gasteiger partial charge in [-0.15, -0.1) is 0 Å². The molecule has 150 valence electrons. The molecule has 2 amide bonds. The van der Waals surface area contributed by atoms with Crippen LogP contribution in [-0.2, 0) is 13.2 Å². The van der Waals surface area contributed by atoms with Crippen LogP contribution in [0.15, 0.2) is 53.1 Å². The number of hydrogen-bond donors (Lipinski definition) is 2. The molecule has 0 saturated carbocycles. The number of nitrogens with zero attached hydrogens (tertiary/aromatic N) is 1. The van der Waals surface area contributed by atoms with Gasteiger partial charge in [0.05, 0.1) is 16.8 Å². The van der Waals surface area contributed by atoms with Gasteiger partial charge in [-0.2, -0.15) is 0 Å². The van der Waals surface area contributed by atoms with Crippen molar-refractivity contribution in [3.05, 3.63) is 82.2 Å². The number of carbonyl (C=O) groups excluding carboxylic acids is 2. The molecule has 0 bridgehead atoms. The zero-order valence-corrected chi connectivity index (χ0v) is 16.6. The molecule has 0 saturated heterocycles. The molecule has 0 aliphatic rings. The lowest BCUT2D eigenvalue weighted by Crippen LogP contribution is -2.23. The van der Waals surface area contributed by atoms with Crippen molar-refractivity contribution in [3.63, 3.8) is 0 Å². The van der Waals surface area contributed by atoms with Gasteiger partial charge in [-0.25, -0.2) is 0 Å². The highest BCUT2D eigenvalue weighted by Crippen LogP contribution is 2.21. The Kier molecular flexibility index (Phi) is 6.29. The van der Waals surface area contributed by atoms with Gasteiger partial charge in [-0.3, -0.25) is 9.59 Å². The van der Waals surface area contributed by atoms with E-state index >= 15 is 0 Å². The lowest BCUT2D eigenvalue weighted by Gasteiger charge is -2.12. The van der Waals surface area contributed by atoms with Gasteiger partial charge in [-0.05, 0) is 43.7 Å². The fourth-order valence-electron chi connectivity index (χ4n) is 2.83. The predicted molar refractivity (Wildman–Crippen MR) is 108 cm³/mol. The topological polar surface area (TPSA) is 93.5 Å². The average Bonchev–Trinajstić information content (AvgIpc) is 3.07. The largest absolute Gasteiger partial charge is 0.488 e. The first-order valence-corrected chi connectivity index (χ1v) is 9.22. The van der Waals surface area contributed by atoms with Crippen molar-refractivity contribution in [2.45, 2.75) is 27.0 Å². The molecule has 0 spiro atoms. The number of aromatic nitrogens is 1. The summed E-state index contributed by atoms with van der Waals surface area (Å²) in [6.45, 7) is 4.29. The molecular formula is C22H23N3O4. The van der Waals surface area contributed by atoms with E-state index in [-0.39, 0.29) is 18.4 Å². The van der Waals surface area contributed by atoms with Crippen molar-refractivity contribution in [3.8, 4) is 5.75 Å². The highest BCUT2D eigenvalue weighted by atomic mass is 16.5. The van der Waals surface area contributed by atoms with Crippen LogP contribution in [0.3, 0.4) is 0 Å². The maximum atomic E-state index is 12.7. The van der Waals surface area contributed by atoms with Gasteiger partial charge in [0.25, 0.3) is 11.8 Å². The van der Waals surface area contributed by atoms with Crippen molar-refractivity contribution in [1.82, 2.24) is 15.8 Å². The molecule has 0 atom stereocenters. The summed E-state index contributed by atoms with van der Waals surface area (Å²) in [5.74, 6) is 0.796. The second-order valence-corrected chi connectivity index (χ2v) is 6.55. The highest BCUT2D eigenvalue weighted by Gasteiger charge is 2.15. The molecule has 0 aliphatic carbocycles. The second kappa shape index (κ2) is 9.05. The van der Waals surface area contributed by atoms with Crippen molar-refractivity contribution in [2.75, 3.05) is 7.05 Å². The number of rotatable bonds is 7. The smallest absolute Gasteiger partial charge is 0.255 e. The summed E-state index contributed by atoms with van der Waals surface area (Å²) in [4.78, 5) is 24.3. The third-order valence-corrected chi connectivity index (χ3v) is 4.58. The summed E-state index contributed by atoms with van der Waals surface area (Å²) in [6, 6.07) is 14.1. The van der Waals surface area contributed by atoms with Crippen LogP contribution in [0.25, 0.3) is 0 Å². The number of amides is 2. The molecule has 7 nitrogen and oxygen atoms in total. The van der Waals surface area contributed by atoms with Crippen molar-refractivity contribution in [2.24, 2.45) is 0 Å². The van der Waals surface area contributed by atoms with Crippen LogP contribution in [0.4, 0.5) is 0 Å². The van der Waals surface area contributed by atoms with E-state index in [2.05, 4.69) is 15.8 Å². The van der Waals surface area contributed by atoms with E-state index in [1.54, 1.807) is 37.4 Å². The quantitative estimate of drug-likeness (QED) is 0.643. The van der Waals surface area contributed by atoms with Crippen molar-refractivity contribution >= 4 is 11.8 Å². The predicted octanol–water partition coefficient (Wildman–Crippen LogP) is 3.16. The molecule has 0 aliphatic heterocycles. The SMILES string of the molecule is CNC(=O)c1ccc(CNC(=O)c2ccccc2OCc2c(C)noc2C)cc1. The van der Waals surface area contributed by atoms with E-state index in [0.717, 1.165) is 16.8 Å². The first-order valence-electron chi connectivity index (χ1n) is 9.22. The lowest BCUT2D eigenvalue weighted by molar-refractivity contribution is 0.0942. The molecule has 0 fully saturated rings. The van der Waals surface area contributed by atoms with Gasteiger partial charge in [0.1, 0.15) is 18.1 Å². The standard InChI is InChI=1S/C22H23N3O4/c1-14-19(15(2)29-25-14)13-28-20-7-5-4-6-18(20)22(27)24-12-16-8-10-17(11-9-16)21(26)23-3/h4-11H,12-13H2,1-3H3,(H,23,26)(H,24,27). The Morgan fingerprint density at radius 3 is 2.41 bits per heavy atom. The molecule has 1 aromatic heterocycles. The third kappa shape index (κ3) is 4.82. The minimum absolute atomic E-state index is 0.148. The van der Waals surface area contributed by atoms with Crippen molar-refractivity contribution < 1.29 is 18.8 Å². The summed E-state index contributed by atoms with van der Waals surface area (Å²) in [6.07, 6.45) is 0. The van der Waals surface area contributed by atoms with E-state index in [1.807, 2.05) is 32.0 Å². The summed E-state index contributed by atoms with van der Waals surface area (Å²) in [5, 5.41) is 9.37. The Morgan fingerprint density at radius 1 is 1.03 bits per heavy atom. The van der Waals surface area contributed by atoms with Gasteiger partial charge >= 0.3 is 0 Å². The minimum Gasteiger partial charge on any atom is -0.488 e. The maximum absolute atomic E-state index is 12.7. The van der Waals surface area contributed by atoms with Gasteiger partial charge < -0.3 is 19.9 Å². The summed E-state index contributed by atoms with van der Waals surface area (Å²) in [5.41, 5.74) is 3.54. The first-order chi connectivity index (χ1) is 14.0. The summed E-state index contributed by atoms with van der Waals surface area (Å²) < 4.78 is 11.0. The fraction of sp³-hybridized carbons (Fsp3) is 0.227. The van der Waals surface area contributed by atoms with E-state index < -0.39 is 0 Å². The zero-order valence-electron chi connectivity index (χ0n) is 16.6. The highest BCUT2D eigenvalue weighted by molar-refractivity contribution is 5.97. The monoisotopic (exact) mass is 393 g/mol. The molecule has 0 radical (unpaired) electrons. The molecule has 0 unspecified atom stereocenters. The molecule has 3 rings (SSSR count). The van der Waals surface area contributed by atoms with Crippen LogP contribution >= 0.6 is 0 Å². The van der Waals surface area contributed by atoms with Crippen LogP contribution < -0.4 is 15.4 Å². The Labute approximate surface area is 169 Å². The van der Waals surface area contributed by atoms with Gasteiger partial charge in [0, 0.05) is 19.2 Å². The summed E-state index contributed by atoms with van der Waals surface area (Å²) in [7, 11) is 1.59. The summed E-state index contributed by atoms with van der Waals surface area (Å²) >= 11 is 0. The molecule has 7 heteroatoms. The molecule has 3 aromatic rings. The maximum Gasteiger partial charge on any atom is 0.255 e. The number of para-hydroxylation sites is 1. The van der Waals surface area contributed by atoms with E-state index in [1.165, 1.54) is 0 Å². The number of hydrogen-bond acceptors (Lipinski definition) is 5. The average molecular weight is 393 g/mol. The van der Waals surface area contributed by atoms with Crippen molar-refractivity contribution in [1.29, 1.82) is 0 Å². The number of nitrogens with one attached hydrogen (secondary N) is 2. The molecule has 2 aromatic carbocycles. The van der Waals surface area contributed by atoms with Crippen LogP contribution in [0.2, 0.25) is 0 Å². The fourth-order valence-corrected chi connectivity index (χ4v) is 2.83. The van der Waals surface area contributed by atoms with E-state index in [4.69, 9.17) is 9.26 Å². The normalized spacial score (nSPS) is 10.4. The lowest BCUT2D eigenvalue weighted by atomic mass is 10.1. The zero-order chi connectivity index (χ0) is 20.8. The Hall–Kier alpha value is -3.61. The van der Waals surface area contributed by atoms with Crippen LogP contribution in [0.5, 0.6) is 5.75 Å². The minimum atomic E-state index is -0.241. The number of benzene rings is 2. The van der Waals surface area contributed by atoms with Gasteiger partial charge in [0.15, 0.2) is 0 Å². The number of ether oxygens (including phenoxy) is 1. The van der Waals surface area contributed by atoms with Gasteiger partial charge in [-0.1, -0.05) is 29.4 Å². The third-order valence-electron chi connectivity index (χ3n) is 4.58. The first kappa shape index (κ1) is 20.1. The molecule has 1 heterocycles. The van der Waals surface area contributed by atoms with E-state index in [9.17, 15) is 9.59 Å². The Morgan fingerprint density at radius 2 is 1.76 bits per heavy atom. The molecular weight excluding hydrogens is 370 g/mol.